The topological polar surface area (TPSA) is 91.8 Å². The standard InChI is InChI=1S/C14H16INO6/c1-7-13(22-10(4)19)11(5-20-8(2)17)12(14(15)16-7)6-21-9(3)18/h5-6H2,1-4H3. The minimum Gasteiger partial charge on any atom is -0.461 e. The molecule has 0 aliphatic heterocycles. The highest BCUT2D eigenvalue weighted by atomic mass is 127. The van der Waals surface area contributed by atoms with Crippen molar-refractivity contribution in [3.8, 4) is 5.75 Å². The minimum atomic E-state index is -0.520. The fraction of sp³-hybridized carbons (Fsp3) is 0.429. The Morgan fingerprint density at radius 3 is 1.91 bits per heavy atom. The fourth-order valence-corrected chi connectivity index (χ4v) is 2.51. The Balaban J connectivity index is 3.33. The second kappa shape index (κ2) is 8.06. The van der Waals surface area contributed by atoms with Crippen LogP contribution in [0.25, 0.3) is 0 Å². The van der Waals surface area contributed by atoms with E-state index >= 15 is 0 Å². The van der Waals surface area contributed by atoms with Crippen molar-refractivity contribution in [2.75, 3.05) is 0 Å². The molecule has 1 aromatic rings. The van der Waals surface area contributed by atoms with E-state index in [1.54, 1.807) is 6.92 Å². The molecule has 0 radical (unpaired) electrons. The maximum atomic E-state index is 11.3. The van der Waals surface area contributed by atoms with Crippen LogP contribution < -0.4 is 4.74 Å². The van der Waals surface area contributed by atoms with E-state index in [1.807, 2.05) is 22.6 Å². The number of aryl methyl sites for hydroxylation is 1. The van der Waals surface area contributed by atoms with Crippen molar-refractivity contribution in [1.29, 1.82) is 0 Å². The SMILES string of the molecule is CC(=O)OCc1c(I)nc(C)c(OC(C)=O)c1COC(C)=O. The van der Waals surface area contributed by atoms with Crippen molar-refractivity contribution in [3.63, 3.8) is 0 Å². The third-order valence-electron chi connectivity index (χ3n) is 2.57. The first-order chi connectivity index (χ1) is 10.2. The Labute approximate surface area is 141 Å². The van der Waals surface area contributed by atoms with Crippen LogP contribution in [0.2, 0.25) is 0 Å². The molecule has 0 aromatic carbocycles. The number of ether oxygens (including phenoxy) is 3. The zero-order valence-corrected chi connectivity index (χ0v) is 14.8. The van der Waals surface area contributed by atoms with Crippen LogP contribution in [0.5, 0.6) is 5.75 Å². The van der Waals surface area contributed by atoms with Gasteiger partial charge in [0.1, 0.15) is 16.9 Å². The summed E-state index contributed by atoms with van der Waals surface area (Å²) in [4.78, 5) is 37.6. The number of pyridine rings is 1. The van der Waals surface area contributed by atoms with Crippen molar-refractivity contribution in [2.45, 2.75) is 40.9 Å². The summed E-state index contributed by atoms with van der Waals surface area (Å²) in [5, 5.41) is 0. The van der Waals surface area contributed by atoms with Gasteiger partial charge < -0.3 is 14.2 Å². The number of aromatic nitrogens is 1. The normalized spacial score (nSPS) is 10.0. The van der Waals surface area contributed by atoms with E-state index in [4.69, 9.17) is 14.2 Å². The molecule has 1 aromatic heterocycles. The van der Waals surface area contributed by atoms with Crippen molar-refractivity contribution < 1.29 is 28.6 Å². The summed E-state index contributed by atoms with van der Waals surface area (Å²) in [5.74, 6) is -1.23. The quantitative estimate of drug-likeness (QED) is 0.408. The number of halogens is 1. The van der Waals surface area contributed by atoms with Gasteiger partial charge in [-0.3, -0.25) is 14.4 Å². The lowest BCUT2D eigenvalue weighted by atomic mass is 10.1. The monoisotopic (exact) mass is 421 g/mol. The number of carbonyl (C=O) groups excluding carboxylic acids is 3. The van der Waals surface area contributed by atoms with Crippen LogP contribution in [0, 0.1) is 10.6 Å². The summed E-state index contributed by atoms with van der Waals surface area (Å²) in [7, 11) is 0. The molecule has 7 nitrogen and oxygen atoms in total. The number of rotatable bonds is 5. The van der Waals surface area contributed by atoms with Crippen LogP contribution in [-0.4, -0.2) is 22.9 Å². The number of carbonyl (C=O) groups is 3. The minimum absolute atomic E-state index is 0.0499. The summed E-state index contributed by atoms with van der Waals surface area (Å²) >= 11 is 1.98. The molecular weight excluding hydrogens is 405 g/mol. The largest absolute Gasteiger partial charge is 0.461 e. The van der Waals surface area contributed by atoms with Gasteiger partial charge in [-0.05, 0) is 29.5 Å². The van der Waals surface area contributed by atoms with Gasteiger partial charge >= 0.3 is 17.9 Å². The van der Waals surface area contributed by atoms with E-state index < -0.39 is 17.9 Å². The summed E-state index contributed by atoms with van der Waals surface area (Å²) in [6.45, 7) is 5.34. The third-order valence-corrected chi connectivity index (χ3v) is 3.46. The Morgan fingerprint density at radius 1 is 0.955 bits per heavy atom. The second-order valence-corrected chi connectivity index (χ2v) is 5.45. The van der Waals surface area contributed by atoms with E-state index in [-0.39, 0.29) is 19.0 Å². The molecule has 0 spiro atoms. The van der Waals surface area contributed by atoms with Crippen LogP contribution in [0.15, 0.2) is 0 Å². The molecule has 0 saturated carbocycles. The van der Waals surface area contributed by atoms with Crippen molar-refractivity contribution in [2.24, 2.45) is 0 Å². The van der Waals surface area contributed by atoms with Crippen LogP contribution >= 0.6 is 22.6 Å². The molecule has 0 bridgehead atoms. The average Bonchev–Trinajstić information content (AvgIpc) is 2.37. The van der Waals surface area contributed by atoms with Crippen LogP contribution in [0.1, 0.15) is 37.6 Å². The average molecular weight is 421 g/mol. The smallest absolute Gasteiger partial charge is 0.308 e. The highest BCUT2D eigenvalue weighted by Crippen LogP contribution is 2.30. The molecule has 1 rings (SSSR count). The van der Waals surface area contributed by atoms with Crippen LogP contribution in [-0.2, 0) is 37.1 Å². The third kappa shape index (κ3) is 5.24. The number of esters is 3. The van der Waals surface area contributed by atoms with Gasteiger partial charge in [0.15, 0.2) is 5.75 Å². The number of hydrogen-bond donors (Lipinski definition) is 0. The molecule has 0 saturated heterocycles. The molecular formula is C14H16INO6. The Kier molecular flexibility index (Phi) is 6.72. The van der Waals surface area contributed by atoms with E-state index in [0.29, 0.717) is 20.5 Å². The lowest BCUT2D eigenvalue weighted by Gasteiger charge is -2.17. The summed E-state index contributed by atoms with van der Waals surface area (Å²) < 4.78 is 15.7. The summed E-state index contributed by atoms with van der Waals surface area (Å²) in [5.41, 5.74) is 1.48. The second-order valence-electron chi connectivity index (χ2n) is 4.43. The predicted octanol–water partition coefficient (Wildman–Crippen LogP) is 2.05. The molecule has 120 valence electrons. The molecule has 1 heterocycles. The molecule has 0 N–H and O–H groups in total. The first-order valence-electron chi connectivity index (χ1n) is 6.35. The molecule has 0 unspecified atom stereocenters. The van der Waals surface area contributed by atoms with Gasteiger partial charge in [-0.15, -0.1) is 0 Å². The van der Waals surface area contributed by atoms with Gasteiger partial charge in [0.2, 0.25) is 0 Å². The van der Waals surface area contributed by atoms with Crippen molar-refractivity contribution in [1.82, 2.24) is 4.98 Å². The first-order valence-corrected chi connectivity index (χ1v) is 7.43. The van der Waals surface area contributed by atoms with Gasteiger partial charge in [-0.25, -0.2) is 4.98 Å². The highest BCUT2D eigenvalue weighted by molar-refractivity contribution is 14.1. The maximum Gasteiger partial charge on any atom is 0.308 e. The van der Waals surface area contributed by atoms with Gasteiger partial charge in [-0.1, -0.05) is 0 Å². The summed E-state index contributed by atoms with van der Waals surface area (Å²) in [6, 6.07) is 0. The highest BCUT2D eigenvalue weighted by Gasteiger charge is 2.21. The van der Waals surface area contributed by atoms with Gasteiger partial charge in [0.05, 0.1) is 5.69 Å². The Hall–Kier alpha value is -1.71. The number of nitrogens with zero attached hydrogens (tertiary/aromatic N) is 1. The molecule has 0 aliphatic rings. The van der Waals surface area contributed by atoms with E-state index in [1.165, 1.54) is 20.8 Å². The molecule has 8 heteroatoms. The van der Waals surface area contributed by atoms with Gasteiger partial charge in [0, 0.05) is 31.9 Å². The van der Waals surface area contributed by atoms with Crippen molar-refractivity contribution >= 4 is 40.5 Å². The Morgan fingerprint density at radius 2 is 1.45 bits per heavy atom. The van der Waals surface area contributed by atoms with Crippen molar-refractivity contribution in [3.05, 3.63) is 20.5 Å². The van der Waals surface area contributed by atoms with Crippen LogP contribution in [0.3, 0.4) is 0 Å². The molecule has 0 atom stereocenters. The predicted molar refractivity (Wildman–Crippen MR) is 83.9 cm³/mol. The molecule has 0 fully saturated rings. The van der Waals surface area contributed by atoms with E-state index in [2.05, 4.69) is 4.98 Å². The molecule has 22 heavy (non-hydrogen) atoms. The lowest BCUT2D eigenvalue weighted by molar-refractivity contribution is -0.144. The van der Waals surface area contributed by atoms with Gasteiger partial charge in [0.25, 0.3) is 0 Å². The van der Waals surface area contributed by atoms with Crippen LogP contribution in [0.4, 0.5) is 0 Å². The van der Waals surface area contributed by atoms with E-state index in [0.717, 1.165) is 0 Å². The zero-order chi connectivity index (χ0) is 16.9. The van der Waals surface area contributed by atoms with Gasteiger partial charge in [-0.2, -0.15) is 0 Å². The molecule has 0 amide bonds. The Bertz CT molecular complexity index is 614. The van der Waals surface area contributed by atoms with E-state index in [9.17, 15) is 14.4 Å². The first kappa shape index (κ1) is 18.3. The zero-order valence-electron chi connectivity index (χ0n) is 12.7. The number of hydrogen-bond acceptors (Lipinski definition) is 7. The fourth-order valence-electron chi connectivity index (χ4n) is 1.67. The maximum absolute atomic E-state index is 11.3. The summed E-state index contributed by atoms with van der Waals surface area (Å²) in [6.07, 6.45) is 0. The lowest BCUT2D eigenvalue weighted by Crippen LogP contribution is -2.14. The molecule has 0 aliphatic carbocycles.